The van der Waals surface area contributed by atoms with E-state index in [9.17, 15) is 4.79 Å². The van der Waals surface area contributed by atoms with Gasteiger partial charge in [-0.1, -0.05) is 30.3 Å². The van der Waals surface area contributed by atoms with E-state index in [0.29, 0.717) is 6.54 Å². The maximum absolute atomic E-state index is 12.4. The van der Waals surface area contributed by atoms with E-state index in [4.69, 9.17) is 0 Å². The third-order valence-electron chi connectivity index (χ3n) is 4.00. The minimum Gasteiger partial charge on any atom is -0.367 e. The predicted molar refractivity (Wildman–Crippen MR) is 82.5 cm³/mol. The lowest BCUT2D eigenvalue weighted by atomic mass is 10.0. The number of nitrogens with zero attached hydrogens (tertiary/aromatic N) is 1. The Morgan fingerprint density at radius 1 is 1.05 bits per heavy atom. The fourth-order valence-corrected chi connectivity index (χ4v) is 2.83. The molecule has 3 rings (SSSR count). The van der Waals surface area contributed by atoms with E-state index in [1.807, 2.05) is 48.3 Å². The summed E-state index contributed by atoms with van der Waals surface area (Å²) in [4.78, 5) is 14.4. The van der Waals surface area contributed by atoms with Gasteiger partial charge in [0, 0.05) is 18.3 Å². The van der Waals surface area contributed by atoms with Gasteiger partial charge in [0.05, 0.1) is 6.54 Å². The number of carbonyl (C=O) groups excluding carboxylic acids is 1. The molecular formula is C18H19NO. The van der Waals surface area contributed by atoms with Crippen molar-refractivity contribution in [3.05, 3.63) is 65.2 Å². The van der Waals surface area contributed by atoms with Crippen molar-refractivity contribution in [2.75, 3.05) is 18.5 Å². The SMILES string of the molecule is CN(CC(=O)c1ccc2c(c1)CCC2)c1ccccc1. The molecule has 0 bridgehead atoms. The number of Topliss-reactive ketones (excluding diaryl/α,β-unsaturated/α-hetero) is 1. The summed E-state index contributed by atoms with van der Waals surface area (Å²) in [6.07, 6.45) is 3.50. The summed E-state index contributed by atoms with van der Waals surface area (Å²) in [6, 6.07) is 16.2. The molecule has 0 aromatic heterocycles. The number of fused-ring (bicyclic) bond motifs is 1. The second-order valence-corrected chi connectivity index (χ2v) is 5.45. The zero-order valence-electron chi connectivity index (χ0n) is 11.8. The van der Waals surface area contributed by atoms with E-state index in [0.717, 1.165) is 24.1 Å². The summed E-state index contributed by atoms with van der Waals surface area (Å²) in [5.74, 6) is 0.186. The molecule has 2 nitrogen and oxygen atoms in total. The summed E-state index contributed by atoms with van der Waals surface area (Å²) in [6.45, 7) is 0.419. The van der Waals surface area contributed by atoms with Crippen LogP contribution < -0.4 is 4.90 Å². The van der Waals surface area contributed by atoms with Gasteiger partial charge in [0.2, 0.25) is 0 Å². The number of hydrogen-bond donors (Lipinski definition) is 0. The van der Waals surface area contributed by atoms with E-state index >= 15 is 0 Å². The van der Waals surface area contributed by atoms with E-state index in [-0.39, 0.29) is 5.78 Å². The third kappa shape index (κ3) is 2.60. The van der Waals surface area contributed by atoms with Crippen molar-refractivity contribution in [1.82, 2.24) is 0 Å². The first kappa shape index (κ1) is 12.9. The molecule has 0 amide bonds. The largest absolute Gasteiger partial charge is 0.367 e. The molecule has 0 unspecified atom stereocenters. The Balaban J connectivity index is 1.73. The molecule has 2 heteroatoms. The van der Waals surface area contributed by atoms with Gasteiger partial charge in [-0.25, -0.2) is 0 Å². The minimum atomic E-state index is 0.186. The molecule has 2 aromatic rings. The van der Waals surface area contributed by atoms with Crippen LogP contribution in [0.5, 0.6) is 0 Å². The summed E-state index contributed by atoms with van der Waals surface area (Å²) in [7, 11) is 1.96. The summed E-state index contributed by atoms with van der Waals surface area (Å²) < 4.78 is 0. The third-order valence-corrected chi connectivity index (χ3v) is 4.00. The lowest BCUT2D eigenvalue weighted by molar-refractivity contribution is 0.100. The van der Waals surface area contributed by atoms with Crippen LogP contribution in [0.2, 0.25) is 0 Å². The van der Waals surface area contributed by atoms with E-state index in [1.165, 1.54) is 17.5 Å². The van der Waals surface area contributed by atoms with Crippen molar-refractivity contribution < 1.29 is 4.79 Å². The van der Waals surface area contributed by atoms with Crippen LogP contribution in [-0.2, 0) is 12.8 Å². The van der Waals surface area contributed by atoms with Crippen LogP contribution in [0, 0.1) is 0 Å². The number of aryl methyl sites for hydroxylation is 2. The predicted octanol–water partition coefficient (Wildman–Crippen LogP) is 3.49. The smallest absolute Gasteiger partial charge is 0.182 e. The molecule has 1 aliphatic rings. The Labute approximate surface area is 120 Å². The van der Waals surface area contributed by atoms with Gasteiger partial charge >= 0.3 is 0 Å². The van der Waals surface area contributed by atoms with Gasteiger partial charge in [0.1, 0.15) is 0 Å². The molecule has 2 aromatic carbocycles. The van der Waals surface area contributed by atoms with E-state index < -0.39 is 0 Å². The van der Waals surface area contributed by atoms with E-state index in [1.54, 1.807) is 0 Å². The molecular weight excluding hydrogens is 246 g/mol. The lowest BCUT2D eigenvalue weighted by Gasteiger charge is -2.18. The Morgan fingerprint density at radius 3 is 2.60 bits per heavy atom. The number of benzene rings is 2. The number of anilines is 1. The van der Waals surface area contributed by atoms with Crippen molar-refractivity contribution >= 4 is 11.5 Å². The number of hydrogen-bond acceptors (Lipinski definition) is 2. The Morgan fingerprint density at radius 2 is 1.80 bits per heavy atom. The van der Waals surface area contributed by atoms with Crippen LogP contribution >= 0.6 is 0 Å². The molecule has 0 saturated heterocycles. The fraction of sp³-hybridized carbons (Fsp3) is 0.278. The van der Waals surface area contributed by atoms with Crippen molar-refractivity contribution in [3.63, 3.8) is 0 Å². The second kappa shape index (κ2) is 5.49. The highest BCUT2D eigenvalue weighted by atomic mass is 16.1. The number of rotatable bonds is 4. The van der Waals surface area contributed by atoms with Crippen molar-refractivity contribution in [1.29, 1.82) is 0 Å². The van der Waals surface area contributed by atoms with Gasteiger partial charge in [0.25, 0.3) is 0 Å². The molecule has 102 valence electrons. The first-order chi connectivity index (χ1) is 9.74. The lowest BCUT2D eigenvalue weighted by Crippen LogP contribution is -2.25. The van der Waals surface area contributed by atoms with Gasteiger partial charge in [-0.05, 0) is 48.6 Å². The van der Waals surface area contributed by atoms with Crippen LogP contribution in [0.3, 0.4) is 0 Å². The second-order valence-electron chi connectivity index (χ2n) is 5.45. The molecule has 0 aliphatic heterocycles. The Hall–Kier alpha value is -2.09. The van der Waals surface area contributed by atoms with Crippen LogP contribution in [0.25, 0.3) is 0 Å². The highest BCUT2D eigenvalue weighted by Gasteiger charge is 2.15. The maximum Gasteiger partial charge on any atom is 0.182 e. The summed E-state index contributed by atoms with van der Waals surface area (Å²) in [5, 5.41) is 0. The first-order valence-electron chi connectivity index (χ1n) is 7.15. The molecule has 0 atom stereocenters. The Kier molecular flexibility index (Phi) is 3.55. The topological polar surface area (TPSA) is 20.3 Å². The molecule has 20 heavy (non-hydrogen) atoms. The van der Waals surface area contributed by atoms with E-state index in [2.05, 4.69) is 12.1 Å². The van der Waals surface area contributed by atoms with Gasteiger partial charge in [0.15, 0.2) is 5.78 Å². The standard InChI is InChI=1S/C18H19NO/c1-19(17-8-3-2-4-9-17)13-18(20)16-11-10-14-6-5-7-15(14)12-16/h2-4,8-12H,5-7,13H2,1H3. The number of ketones is 1. The quantitative estimate of drug-likeness (QED) is 0.789. The number of likely N-dealkylation sites (N-methyl/N-ethyl adjacent to an activating group) is 1. The fourth-order valence-electron chi connectivity index (χ4n) is 2.83. The minimum absolute atomic E-state index is 0.186. The zero-order valence-corrected chi connectivity index (χ0v) is 11.8. The zero-order chi connectivity index (χ0) is 13.9. The van der Waals surface area contributed by atoms with Crippen LogP contribution in [0.15, 0.2) is 48.5 Å². The van der Waals surface area contributed by atoms with Crippen molar-refractivity contribution in [2.24, 2.45) is 0 Å². The van der Waals surface area contributed by atoms with Crippen LogP contribution in [-0.4, -0.2) is 19.4 Å². The maximum atomic E-state index is 12.4. The summed E-state index contributed by atoms with van der Waals surface area (Å²) in [5.41, 5.74) is 4.69. The van der Waals surface area contributed by atoms with Crippen molar-refractivity contribution in [3.8, 4) is 0 Å². The number of para-hydroxylation sites is 1. The molecule has 0 spiro atoms. The van der Waals surface area contributed by atoms with Gasteiger partial charge in [-0.15, -0.1) is 0 Å². The first-order valence-corrected chi connectivity index (χ1v) is 7.15. The van der Waals surface area contributed by atoms with Crippen LogP contribution in [0.4, 0.5) is 5.69 Å². The number of carbonyl (C=O) groups is 1. The Bertz CT molecular complexity index is 619. The average molecular weight is 265 g/mol. The molecule has 0 radical (unpaired) electrons. The molecule has 0 fully saturated rings. The highest BCUT2D eigenvalue weighted by Crippen LogP contribution is 2.23. The van der Waals surface area contributed by atoms with Gasteiger partial charge < -0.3 is 4.90 Å². The molecule has 0 N–H and O–H groups in total. The van der Waals surface area contributed by atoms with Crippen molar-refractivity contribution in [2.45, 2.75) is 19.3 Å². The van der Waals surface area contributed by atoms with Gasteiger partial charge in [-0.2, -0.15) is 0 Å². The summed E-state index contributed by atoms with van der Waals surface area (Å²) >= 11 is 0. The normalized spacial score (nSPS) is 13.1. The van der Waals surface area contributed by atoms with Gasteiger partial charge in [-0.3, -0.25) is 4.79 Å². The molecule has 1 aliphatic carbocycles. The molecule has 0 heterocycles. The molecule has 0 saturated carbocycles. The monoisotopic (exact) mass is 265 g/mol. The average Bonchev–Trinajstić information content (AvgIpc) is 2.95. The van der Waals surface area contributed by atoms with Crippen LogP contribution in [0.1, 0.15) is 27.9 Å². The highest BCUT2D eigenvalue weighted by molar-refractivity contribution is 5.99.